The van der Waals surface area contributed by atoms with Crippen molar-refractivity contribution in [3.63, 3.8) is 0 Å². The smallest absolute Gasteiger partial charge is 0.339 e. The Labute approximate surface area is 90.3 Å². The summed E-state index contributed by atoms with van der Waals surface area (Å²) in [7, 11) is 0. The van der Waals surface area contributed by atoms with Crippen molar-refractivity contribution in [2.24, 2.45) is 11.8 Å². The largest absolute Gasteiger partial charge is 0.427 e. The molecule has 0 aromatic rings. The first kappa shape index (κ1) is 10.2. The second-order valence-electron chi connectivity index (χ2n) is 4.46. The molecule has 1 aliphatic carbocycles. The van der Waals surface area contributed by atoms with Crippen LogP contribution in [-0.2, 0) is 9.53 Å². The maximum Gasteiger partial charge on any atom is 0.339 e. The number of ether oxygens (including phenoxy) is 1. The van der Waals surface area contributed by atoms with Gasteiger partial charge in [0.15, 0.2) is 0 Å². The third kappa shape index (κ3) is 2.04. The highest BCUT2D eigenvalue weighted by Gasteiger charge is 2.35. The molecule has 2 rings (SSSR count). The highest BCUT2D eigenvalue weighted by atomic mass is 16.5. The van der Waals surface area contributed by atoms with E-state index in [0.717, 1.165) is 24.2 Å². The minimum absolute atomic E-state index is 0.167. The fourth-order valence-corrected chi connectivity index (χ4v) is 1.88. The average molecular weight is 204 g/mol. The average Bonchev–Trinajstić information content (AvgIpc) is 2.54. The molecule has 1 aliphatic heterocycles. The predicted octanol–water partition coefficient (Wildman–Crippen LogP) is 2.98. The normalized spacial score (nSPS) is 26.9. The van der Waals surface area contributed by atoms with Gasteiger partial charge in [-0.15, -0.1) is 0 Å². The number of hydrogen-bond donors (Lipinski definition) is 0. The summed E-state index contributed by atoms with van der Waals surface area (Å²) in [4.78, 5) is 11.5. The molecular weight excluding hydrogens is 188 g/mol. The van der Waals surface area contributed by atoms with Crippen LogP contribution in [0.15, 0.2) is 35.6 Å². The molecule has 0 bridgehead atoms. The van der Waals surface area contributed by atoms with Crippen LogP contribution in [0.3, 0.4) is 0 Å². The maximum atomic E-state index is 11.5. The monoisotopic (exact) mass is 204 g/mol. The van der Waals surface area contributed by atoms with Crippen LogP contribution in [0.2, 0.25) is 0 Å². The third-order valence-corrected chi connectivity index (χ3v) is 2.74. The van der Waals surface area contributed by atoms with Crippen LogP contribution in [0.25, 0.3) is 0 Å². The van der Waals surface area contributed by atoms with Gasteiger partial charge in [0.1, 0.15) is 5.76 Å². The Bertz CT molecular complexity index is 359. The van der Waals surface area contributed by atoms with E-state index in [2.05, 4.69) is 26.0 Å². The molecule has 0 saturated carbocycles. The van der Waals surface area contributed by atoms with Crippen LogP contribution in [0.4, 0.5) is 0 Å². The summed E-state index contributed by atoms with van der Waals surface area (Å²) in [6.07, 6.45) is 9.80. The topological polar surface area (TPSA) is 26.3 Å². The van der Waals surface area contributed by atoms with E-state index in [4.69, 9.17) is 4.74 Å². The van der Waals surface area contributed by atoms with Crippen molar-refractivity contribution < 1.29 is 9.53 Å². The van der Waals surface area contributed by atoms with Crippen LogP contribution < -0.4 is 0 Å². The quantitative estimate of drug-likeness (QED) is 0.646. The number of cyclic esters (lactones) is 1. The number of allylic oxidation sites excluding steroid dienone is 5. The second kappa shape index (κ2) is 4.05. The summed E-state index contributed by atoms with van der Waals surface area (Å²) in [5.41, 5.74) is 0.813. The Morgan fingerprint density at radius 1 is 1.60 bits per heavy atom. The first-order valence-electron chi connectivity index (χ1n) is 5.47. The fraction of sp³-hybridized carbons (Fsp3) is 0.462. The van der Waals surface area contributed by atoms with Gasteiger partial charge < -0.3 is 4.74 Å². The number of fused-ring (bicyclic) bond motifs is 1. The van der Waals surface area contributed by atoms with Crippen LogP contribution in [0.1, 0.15) is 26.7 Å². The molecule has 80 valence electrons. The summed E-state index contributed by atoms with van der Waals surface area (Å²) < 4.78 is 5.27. The highest BCUT2D eigenvalue weighted by Crippen LogP contribution is 2.36. The molecular formula is C13H16O2. The zero-order chi connectivity index (χ0) is 10.8. The van der Waals surface area contributed by atoms with Crippen molar-refractivity contribution in [3.05, 3.63) is 35.6 Å². The minimum Gasteiger partial charge on any atom is -0.427 e. The molecule has 0 radical (unpaired) electrons. The summed E-state index contributed by atoms with van der Waals surface area (Å²) in [6.45, 7) is 4.32. The molecule has 15 heavy (non-hydrogen) atoms. The van der Waals surface area contributed by atoms with E-state index in [1.165, 1.54) is 0 Å². The maximum absolute atomic E-state index is 11.5. The van der Waals surface area contributed by atoms with Gasteiger partial charge in [0.25, 0.3) is 0 Å². The van der Waals surface area contributed by atoms with E-state index in [1.54, 1.807) is 0 Å². The van der Waals surface area contributed by atoms with Gasteiger partial charge in [-0.05, 0) is 24.8 Å². The predicted molar refractivity (Wildman–Crippen MR) is 59.0 cm³/mol. The standard InChI is InChI=1S/C13H16O2/c1-9(2)7-8-12-10-5-3-4-6-11(10)13(14)15-12/h3-4,6,8-10H,5,7H2,1-2H3/b12-8+/t10-/m0/s1. The lowest BCUT2D eigenvalue weighted by atomic mass is 9.91. The van der Waals surface area contributed by atoms with E-state index >= 15 is 0 Å². The summed E-state index contributed by atoms with van der Waals surface area (Å²) >= 11 is 0. The van der Waals surface area contributed by atoms with Crippen molar-refractivity contribution >= 4 is 5.97 Å². The molecule has 1 saturated heterocycles. The van der Waals surface area contributed by atoms with E-state index in [-0.39, 0.29) is 11.9 Å². The van der Waals surface area contributed by atoms with Gasteiger partial charge in [-0.25, -0.2) is 4.79 Å². The van der Waals surface area contributed by atoms with Gasteiger partial charge in [0.2, 0.25) is 0 Å². The van der Waals surface area contributed by atoms with E-state index in [1.807, 2.05) is 12.2 Å². The van der Waals surface area contributed by atoms with Crippen LogP contribution >= 0.6 is 0 Å². The molecule has 1 fully saturated rings. The Morgan fingerprint density at radius 2 is 2.40 bits per heavy atom. The first-order chi connectivity index (χ1) is 7.18. The molecule has 0 N–H and O–H groups in total. The zero-order valence-corrected chi connectivity index (χ0v) is 9.19. The number of esters is 1. The van der Waals surface area contributed by atoms with Crippen LogP contribution in [-0.4, -0.2) is 5.97 Å². The fourth-order valence-electron chi connectivity index (χ4n) is 1.88. The molecule has 2 nitrogen and oxygen atoms in total. The number of carbonyl (C=O) groups is 1. The molecule has 2 aliphatic rings. The molecule has 0 aromatic heterocycles. The summed E-state index contributed by atoms with van der Waals surface area (Å²) in [5, 5.41) is 0. The highest BCUT2D eigenvalue weighted by molar-refractivity contribution is 5.94. The van der Waals surface area contributed by atoms with Crippen LogP contribution in [0.5, 0.6) is 0 Å². The van der Waals surface area contributed by atoms with Crippen LogP contribution in [0, 0.1) is 11.8 Å². The summed E-state index contributed by atoms with van der Waals surface area (Å²) in [5.74, 6) is 1.47. The van der Waals surface area contributed by atoms with Gasteiger partial charge in [-0.1, -0.05) is 32.1 Å². The lowest BCUT2D eigenvalue weighted by Crippen LogP contribution is -2.04. The van der Waals surface area contributed by atoms with E-state index < -0.39 is 0 Å². The molecule has 1 atom stereocenters. The lowest BCUT2D eigenvalue weighted by Gasteiger charge is -2.10. The number of carbonyl (C=O) groups excluding carboxylic acids is 1. The third-order valence-electron chi connectivity index (χ3n) is 2.74. The molecule has 0 amide bonds. The molecule has 0 spiro atoms. The van der Waals surface area contributed by atoms with E-state index in [0.29, 0.717) is 5.92 Å². The van der Waals surface area contributed by atoms with E-state index in [9.17, 15) is 4.79 Å². The number of rotatable bonds is 2. The van der Waals surface area contributed by atoms with Gasteiger partial charge >= 0.3 is 5.97 Å². The first-order valence-corrected chi connectivity index (χ1v) is 5.47. The van der Waals surface area contributed by atoms with Crippen molar-refractivity contribution in [3.8, 4) is 0 Å². The van der Waals surface area contributed by atoms with Crippen molar-refractivity contribution in [1.82, 2.24) is 0 Å². The molecule has 0 unspecified atom stereocenters. The number of hydrogen-bond acceptors (Lipinski definition) is 2. The van der Waals surface area contributed by atoms with Gasteiger partial charge in [0.05, 0.1) is 5.92 Å². The van der Waals surface area contributed by atoms with Gasteiger partial charge in [0, 0.05) is 5.57 Å². The Hall–Kier alpha value is -1.31. The lowest BCUT2D eigenvalue weighted by molar-refractivity contribution is -0.132. The SMILES string of the molecule is CC(C)C/C=C1/OC(=O)C2=CC=CC[C@@H]21. The Balaban J connectivity index is 2.17. The van der Waals surface area contributed by atoms with Gasteiger partial charge in [-0.2, -0.15) is 0 Å². The summed E-state index contributed by atoms with van der Waals surface area (Å²) in [6, 6.07) is 0. The molecule has 0 aromatic carbocycles. The minimum atomic E-state index is -0.167. The van der Waals surface area contributed by atoms with Crippen molar-refractivity contribution in [1.29, 1.82) is 0 Å². The van der Waals surface area contributed by atoms with Crippen molar-refractivity contribution in [2.75, 3.05) is 0 Å². The van der Waals surface area contributed by atoms with Crippen molar-refractivity contribution in [2.45, 2.75) is 26.7 Å². The zero-order valence-electron chi connectivity index (χ0n) is 9.19. The second-order valence-corrected chi connectivity index (χ2v) is 4.46. The van der Waals surface area contributed by atoms with Gasteiger partial charge in [-0.3, -0.25) is 0 Å². The Morgan fingerprint density at radius 3 is 3.13 bits per heavy atom. The Kier molecular flexibility index (Phi) is 2.76. The molecule has 1 heterocycles. The molecule has 2 heteroatoms.